The fourth-order valence-corrected chi connectivity index (χ4v) is 1.45. The molecule has 0 saturated carbocycles. The first-order chi connectivity index (χ1) is 8.84. The third-order valence-corrected chi connectivity index (χ3v) is 2.24. The molecule has 4 nitrogen and oxygen atoms in total. The lowest BCUT2D eigenvalue weighted by Crippen LogP contribution is -2.04. The minimum Gasteiger partial charge on any atom is -0.439 e. The van der Waals surface area contributed by atoms with Crippen molar-refractivity contribution in [1.82, 2.24) is 9.97 Å². The highest BCUT2D eigenvalue weighted by Crippen LogP contribution is 2.31. The number of hydrogen-bond donors (Lipinski definition) is 1. The van der Waals surface area contributed by atoms with Crippen LogP contribution in [0.1, 0.15) is 11.4 Å². The van der Waals surface area contributed by atoms with Gasteiger partial charge in [0.2, 0.25) is 5.88 Å². The summed E-state index contributed by atoms with van der Waals surface area (Å²) in [5.74, 6) is 1.08. The van der Waals surface area contributed by atoms with Gasteiger partial charge >= 0.3 is 6.18 Å². The number of nitrogen functional groups attached to an aromatic ring is 1. The van der Waals surface area contributed by atoms with E-state index in [0.717, 1.165) is 12.1 Å². The Bertz CT molecular complexity index is 562. The van der Waals surface area contributed by atoms with Crippen LogP contribution >= 0.6 is 0 Å². The van der Waals surface area contributed by atoms with Crippen LogP contribution in [0.3, 0.4) is 0 Å². The highest BCUT2D eigenvalue weighted by atomic mass is 19.4. The third-order valence-electron chi connectivity index (χ3n) is 2.24. The molecule has 2 rings (SSSR count). The lowest BCUT2D eigenvalue weighted by Gasteiger charge is -2.09. The van der Waals surface area contributed by atoms with E-state index in [4.69, 9.17) is 10.5 Å². The zero-order chi connectivity index (χ0) is 14.0. The van der Waals surface area contributed by atoms with Crippen LogP contribution in [-0.4, -0.2) is 9.97 Å². The molecule has 0 unspecified atom stereocenters. The summed E-state index contributed by atoms with van der Waals surface area (Å²) < 4.78 is 42.4. The molecule has 0 amide bonds. The number of nitrogens with zero attached hydrogens (tertiary/aromatic N) is 2. The summed E-state index contributed by atoms with van der Waals surface area (Å²) in [5.41, 5.74) is 4.78. The summed E-state index contributed by atoms with van der Waals surface area (Å²) in [6.45, 7) is 1.63. The smallest absolute Gasteiger partial charge is 0.416 e. The average molecular weight is 269 g/mol. The minimum absolute atomic E-state index is 0.185. The Morgan fingerprint density at radius 1 is 1.11 bits per heavy atom. The van der Waals surface area contributed by atoms with Gasteiger partial charge < -0.3 is 10.5 Å². The zero-order valence-corrected chi connectivity index (χ0v) is 9.90. The molecular formula is C12H10F3N3O. The molecule has 0 spiro atoms. The topological polar surface area (TPSA) is 61.0 Å². The van der Waals surface area contributed by atoms with Crippen LogP contribution in [0, 0.1) is 6.92 Å². The second-order valence-electron chi connectivity index (χ2n) is 3.80. The summed E-state index contributed by atoms with van der Waals surface area (Å²) in [6.07, 6.45) is -4.37. The number of aromatic nitrogens is 2. The van der Waals surface area contributed by atoms with E-state index in [1.807, 2.05) is 0 Å². The number of alkyl halides is 3. The molecule has 1 aromatic heterocycles. The van der Waals surface area contributed by atoms with Crippen LogP contribution in [0.5, 0.6) is 11.6 Å². The van der Waals surface area contributed by atoms with Crippen molar-refractivity contribution in [3.05, 3.63) is 41.7 Å². The van der Waals surface area contributed by atoms with Gasteiger partial charge in [-0.1, -0.05) is 0 Å². The van der Waals surface area contributed by atoms with Crippen molar-refractivity contribution in [2.45, 2.75) is 13.1 Å². The first-order valence-electron chi connectivity index (χ1n) is 5.31. The number of aryl methyl sites for hydroxylation is 1. The largest absolute Gasteiger partial charge is 0.439 e. The molecule has 0 bridgehead atoms. The van der Waals surface area contributed by atoms with Gasteiger partial charge in [0.1, 0.15) is 17.4 Å². The SMILES string of the molecule is Cc1nc(N)cc(Oc2ccc(C(F)(F)F)cc2)n1. The van der Waals surface area contributed by atoms with Crippen LogP contribution < -0.4 is 10.5 Å². The standard InChI is InChI=1S/C12H10F3N3O/c1-7-17-10(16)6-11(18-7)19-9-4-2-8(3-5-9)12(13,14)15/h2-6H,1H3,(H2,16,17,18). The Labute approximate surface area is 107 Å². The molecule has 0 aliphatic heterocycles. The molecule has 1 aromatic carbocycles. The van der Waals surface area contributed by atoms with Gasteiger partial charge in [-0.15, -0.1) is 0 Å². The number of benzene rings is 1. The molecular weight excluding hydrogens is 259 g/mol. The summed E-state index contributed by atoms with van der Waals surface area (Å²) in [4.78, 5) is 7.83. The van der Waals surface area contributed by atoms with Crippen LogP contribution in [-0.2, 0) is 6.18 Å². The molecule has 1 heterocycles. The lowest BCUT2D eigenvalue weighted by molar-refractivity contribution is -0.137. The maximum Gasteiger partial charge on any atom is 0.416 e. The first kappa shape index (κ1) is 13.1. The van der Waals surface area contributed by atoms with E-state index in [9.17, 15) is 13.2 Å². The Morgan fingerprint density at radius 3 is 2.26 bits per heavy atom. The highest BCUT2D eigenvalue weighted by Gasteiger charge is 2.30. The summed E-state index contributed by atoms with van der Waals surface area (Å²) >= 11 is 0. The summed E-state index contributed by atoms with van der Waals surface area (Å²) in [5, 5.41) is 0. The molecule has 2 N–H and O–H groups in total. The molecule has 100 valence electrons. The van der Waals surface area contributed by atoms with Crippen LogP contribution in [0.15, 0.2) is 30.3 Å². The van der Waals surface area contributed by atoms with E-state index in [2.05, 4.69) is 9.97 Å². The molecule has 2 aromatic rings. The molecule has 0 aliphatic rings. The first-order valence-corrected chi connectivity index (χ1v) is 5.31. The quantitative estimate of drug-likeness (QED) is 0.909. The number of ether oxygens (including phenoxy) is 1. The van der Waals surface area contributed by atoms with E-state index in [0.29, 0.717) is 5.82 Å². The lowest BCUT2D eigenvalue weighted by atomic mass is 10.2. The fraction of sp³-hybridized carbons (Fsp3) is 0.167. The van der Waals surface area contributed by atoms with Crippen molar-refractivity contribution in [2.24, 2.45) is 0 Å². The van der Waals surface area contributed by atoms with Crippen LogP contribution in [0.2, 0.25) is 0 Å². The number of hydrogen-bond acceptors (Lipinski definition) is 4. The van der Waals surface area contributed by atoms with Gasteiger partial charge in [0.15, 0.2) is 0 Å². The van der Waals surface area contributed by atoms with Crippen molar-refractivity contribution in [3.8, 4) is 11.6 Å². The monoisotopic (exact) mass is 269 g/mol. The van der Waals surface area contributed by atoms with Gasteiger partial charge in [-0.25, -0.2) is 4.98 Å². The number of rotatable bonds is 2. The van der Waals surface area contributed by atoms with E-state index in [1.165, 1.54) is 18.2 Å². The van der Waals surface area contributed by atoms with Gasteiger partial charge in [0.05, 0.1) is 5.56 Å². The zero-order valence-electron chi connectivity index (χ0n) is 9.90. The van der Waals surface area contributed by atoms with E-state index >= 15 is 0 Å². The maximum absolute atomic E-state index is 12.4. The van der Waals surface area contributed by atoms with Crippen LogP contribution in [0.4, 0.5) is 19.0 Å². The maximum atomic E-state index is 12.4. The predicted molar refractivity (Wildman–Crippen MR) is 62.7 cm³/mol. The molecule has 19 heavy (non-hydrogen) atoms. The molecule has 0 atom stereocenters. The van der Waals surface area contributed by atoms with Gasteiger partial charge in [-0.05, 0) is 31.2 Å². The summed E-state index contributed by atoms with van der Waals surface area (Å²) in [6, 6.07) is 5.71. The number of nitrogens with two attached hydrogens (primary N) is 1. The highest BCUT2D eigenvalue weighted by molar-refractivity contribution is 5.36. The summed E-state index contributed by atoms with van der Waals surface area (Å²) in [7, 11) is 0. The molecule has 0 saturated heterocycles. The van der Waals surface area contributed by atoms with Gasteiger partial charge in [-0.2, -0.15) is 18.2 Å². The second-order valence-corrected chi connectivity index (χ2v) is 3.80. The van der Waals surface area contributed by atoms with Crippen molar-refractivity contribution in [1.29, 1.82) is 0 Å². The third kappa shape index (κ3) is 3.34. The molecule has 0 aliphatic carbocycles. The van der Waals surface area contributed by atoms with E-state index in [1.54, 1.807) is 6.92 Å². The van der Waals surface area contributed by atoms with E-state index < -0.39 is 11.7 Å². The normalized spacial score (nSPS) is 11.4. The number of anilines is 1. The van der Waals surface area contributed by atoms with Gasteiger partial charge in [0.25, 0.3) is 0 Å². The Kier molecular flexibility index (Phi) is 3.28. The van der Waals surface area contributed by atoms with Crippen molar-refractivity contribution < 1.29 is 17.9 Å². The second kappa shape index (κ2) is 4.75. The van der Waals surface area contributed by atoms with Crippen LogP contribution in [0.25, 0.3) is 0 Å². The molecule has 0 fully saturated rings. The van der Waals surface area contributed by atoms with Crippen molar-refractivity contribution >= 4 is 5.82 Å². The Hall–Kier alpha value is -2.31. The number of halogens is 3. The van der Waals surface area contributed by atoms with Crippen molar-refractivity contribution in [2.75, 3.05) is 5.73 Å². The average Bonchev–Trinajstić information content (AvgIpc) is 2.26. The Morgan fingerprint density at radius 2 is 1.74 bits per heavy atom. The van der Waals surface area contributed by atoms with E-state index in [-0.39, 0.29) is 17.4 Å². The van der Waals surface area contributed by atoms with Crippen molar-refractivity contribution in [3.63, 3.8) is 0 Å². The Balaban J connectivity index is 2.20. The van der Waals surface area contributed by atoms with Gasteiger partial charge in [-0.3, -0.25) is 0 Å². The van der Waals surface area contributed by atoms with Gasteiger partial charge in [0, 0.05) is 6.07 Å². The fourth-order valence-electron chi connectivity index (χ4n) is 1.45. The molecule has 0 radical (unpaired) electrons. The minimum atomic E-state index is -4.37. The predicted octanol–water partition coefficient (Wildman–Crippen LogP) is 3.18. The molecule has 7 heteroatoms.